The molecular formula is C35H47N6O3S. The fourth-order valence-corrected chi connectivity index (χ4v) is 6.71. The van der Waals surface area contributed by atoms with E-state index in [1.165, 1.54) is 0 Å². The van der Waals surface area contributed by atoms with Gasteiger partial charge in [-0.2, -0.15) is 4.72 Å². The number of carbonyl (C=O) groups excluding carboxylic acids is 1. The molecule has 1 radical (unpaired) electrons. The Hall–Kier alpha value is -3.57. The number of H-pyrrole nitrogens is 1. The summed E-state index contributed by atoms with van der Waals surface area (Å²) in [5.41, 5.74) is 1.92. The molecule has 9 nitrogen and oxygen atoms in total. The zero-order valence-electron chi connectivity index (χ0n) is 26.8. The molecule has 3 atom stereocenters. The van der Waals surface area contributed by atoms with E-state index in [0.717, 1.165) is 53.7 Å². The van der Waals surface area contributed by atoms with Crippen LogP contribution < -0.4 is 15.4 Å². The standard InChI is InChI=1S/C35H47N6O3S/c1-5-22-41(23-6-2)24-10-15-33(35(42)39-26(3)31-14-9-12-29-11-7-8-13-32(29)31)40-45(43,44)30-18-16-28(17-19-30)25-38-27(4)34-36-20-21-37-34/h7-9,11-14,16-21,24,26-27,33,38,40H,5-6,10,15,22-23,25H2,1-4H3,(H,36,37)(H,39,42)/t26-,27?,33-/m0/s1. The number of fused-ring (bicyclic) bond motifs is 1. The fraction of sp³-hybridized carbons (Fsp3) is 0.400. The van der Waals surface area contributed by atoms with E-state index in [9.17, 15) is 13.2 Å². The number of nitrogens with one attached hydrogen (secondary N) is 4. The largest absolute Gasteiger partial charge is 0.348 e. The van der Waals surface area contributed by atoms with Crippen LogP contribution in [0.5, 0.6) is 0 Å². The zero-order valence-corrected chi connectivity index (χ0v) is 27.6. The number of nitrogens with zero attached hydrogens (tertiary/aromatic N) is 2. The molecule has 1 heterocycles. The van der Waals surface area contributed by atoms with Crippen LogP contribution in [0.15, 0.2) is 84.0 Å². The predicted octanol–water partition coefficient (Wildman–Crippen LogP) is 6.00. The summed E-state index contributed by atoms with van der Waals surface area (Å²) in [6.45, 7) is 12.7. The monoisotopic (exact) mass is 631 g/mol. The van der Waals surface area contributed by atoms with Crippen molar-refractivity contribution < 1.29 is 13.2 Å². The maximum Gasteiger partial charge on any atom is 0.241 e. The third-order valence-corrected chi connectivity index (χ3v) is 9.39. The van der Waals surface area contributed by atoms with E-state index >= 15 is 0 Å². The first-order chi connectivity index (χ1) is 21.7. The van der Waals surface area contributed by atoms with Gasteiger partial charge in [0.2, 0.25) is 15.9 Å². The molecule has 10 heteroatoms. The topological polar surface area (TPSA) is 119 Å². The van der Waals surface area contributed by atoms with Crippen molar-refractivity contribution in [1.82, 2.24) is 30.2 Å². The van der Waals surface area contributed by atoms with Crippen LogP contribution in [-0.4, -0.2) is 48.3 Å². The second kappa shape index (κ2) is 16.7. The fourth-order valence-electron chi connectivity index (χ4n) is 5.48. The molecule has 1 aromatic heterocycles. The summed E-state index contributed by atoms with van der Waals surface area (Å²) in [6.07, 6.45) is 6.43. The molecule has 0 fully saturated rings. The lowest BCUT2D eigenvalue weighted by molar-refractivity contribution is -0.123. The number of aromatic nitrogens is 2. The Morgan fingerprint density at radius 3 is 2.36 bits per heavy atom. The lowest BCUT2D eigenvalue weighted by Crippen LogP contribution is -2.47. The predicted molar refractivity (Wildman–Crippen MR) is 181 cm³/mol. The number of imidazole rings is 1. The van der Waals surface area contributed by atoms with E-state index in [-0.39, 0.29) is 22.9 Å². The Kier molecular flexibility index (Phi) is 12.7. The second-order valence-electron chi connectivity index (χ2n) is 11.5. The van der Waals surface area contributed by atoms with Crippen molar-refractivity contribution in [3.63, 3.8) is 0 Å². The Morgan fingerprint density at radius 1 is 0.956 bits per heavy atom. The maximum atomic E-state index is 13.7. The van der Waals surface area contributed by atoms with Gasteiger partial charge in [0.25, 0.3) is 0 Å². The van der Waals surface area contributed by atoms with Crippen LogP contribution in [-0.2, 0) is 21.4 Å². The van der Waals surface area contributed by atoms with Crippen molar-refractivity contribution in [2.45, 2.75) is 82.9 Å². The summed E-state index contributed by atoms with van der Waals surface area (Å²) in [7, 11) is -3.97. The van der Waals surface area contributed by atoms with Gasteiger partial charge in [-0.15, -0.1) is 0 Å². The van der Waals surface area contributed by atoms with Crippen LogP contribution in [0.3, 0.4) is 0 Å². The van der Waals surface area contributed by atoms with Gasteiger partial charge in [0, 0.05) is 25.5 Å². The van der Waals surface area contributed by atoms with E-state index < -0.39 is 16.1 Å². The SMILES string of the molecule is CCCN([CH]CC[C@H](NS(=O)(=O)c1ccc(CNC(C)c2ncc[nH]2)cc1)C(=O)N[C@@H](C)c1cccc2ccccc12)CCC. The third kappa shape index (κ3) is 9.71. The highest BCUT2D eigenvalue weighted by Crippen LogP contribution is 2.24. The summed E-state index contributed by atoms with van der Waals surface area (Å²) in [6, 6.07) is 19.6. The molecule has 0 bridgehead atoms. The first-order valence-electron chi connectivity index (χ1n) is 15.9. The second-order valence-corrected chi connectivity index (χ2v) is 13.2. The number of amides is 1. The summed E-state index contributed by atoms with van der Waals surface area (Å²) in [5, 5.41) is 8.61. The van der Waals surface area contributed by atoms with Gasteiger partial charge in [0.1, 0.15) is 11.9 Å². The summed E-state index contributed by atoms with van der Waals surface area (Å²) < 4.78 is 29.9. The molecule has 0 aliphatic carbocycles. The van der Waals surface area contributed by atoms with Crippen LogP contribution in [0, 0.1) is 6.54 Å². The molecule has 1 unspecified atom stereocenters. The summed E-state index contributed by atoms with van der Waals surface area (Å²) in [4.78, 5) is 23.5. The van der Waals surface area contributed by atoms with E-state index in [1.54, 1.807) is 36.7 Å². The lowest BCUT2D eigenvalue weighted by atomic mass is 9.99. The van der Waals surface area contributed by atoms with Gasteiger partial charge in [0.15, 0.2) is 0 Å². The normalized spacial score (nSPS) is 14.0. The number of rotatable bonds is 18. The highest BCUT2D eigenvalue weighted by Gasteiger charge is 2.27. The Balaban J connectivity index is 1.46. The van der Waals surface area contributed by atoms with Crippen molar-refractivity contribution in [2.24, 2.45) is 0 Å². The Labute approximate surface area is 268 Å². The van der Waals surface area contributed by atoms with E-state index in [0.29, 0.717) is 19.4 Å². The minimum atomic E-state index is -3.97. The van der Waals surface area contributed by atoms with Gasteiger partial charge in [0.05, 0.1) is 17.0 Å². The molecular weight excluding hydrogens is 584 g/mol. The van der Waals surface area contributed by atoms with Gasteiger partial charge in [-0.25, -0.2) is 13.4 Å². The Bertz CT molecular complexity index is 1580. The van der Waals surface area contributed by atoms with Gasteiger partial charge in [-0.3, -0.25) is 9.69 Å². The van der Waals surface area contributed by atoms with Crippen molar-refractivity contribution in [3.05, 3.63) is 103 Å². The van der Waals surface area contributed by atoms with Gasteiger partial charge < -0.3 is 15.6 Å². The number of benzene rings is 3. The molecule has 0 aliphatic rings. The Morgan fingerprint density at radius 2 is 1.67 bits per heavy atom. The van der Waals surface area contributed by atoms with Crippen molar-refractivity contribution in [1.29, 1.82) is 0 Å². The van der Waals surface area contributed by atoms with Gasteiger partial charge >= 0.3 is 0 Å². The van der Waals surface area contributed by atoms with Gasteiger partial charge in [-0.05, 0) is 86.7 Å². The van der Waals surface area contributed by atoms with E-state index in [4.69, 9.17) is 0 Å². The minimum Gasteiger partial charge on any atom is -0.348 e. The lowest BCUT2D eigenvalue weighted by Gasteiger charge is -2.24. The minimum absolute atomic E-state index is 0.0167. The summed E-state index contributed by atoms with van der Waals surface area (Å²) >= 11 is 0. The molecule has 4 N–H and O–H groups in total. The van der Waals surface area contributed by atoms with E-state index in [1.807, 2.05) is 56.3 Å². The molecule has 0 saturated heterocycles. The molecule has 4 rings (SSSR count). The molecule has 241 valence electrons. The van der Waals surface area contributed by atoms with Crippen molar-refractivity contribution >= 4 is 26.7 Å². The highest BCUT2D eigenvalue weighted by atomic mass is 32.2. The molecule has 4 aromatic rings. The average molecular weight is 632 g/mol. The quantitative estimate of drug-likeness (QED) is 0.107. The molecule has 3 aromatic carbocycles. The number of hydrogen-bond acceptors (Lipinski definition) is 6. The van der Waals surface area contributed by atoms with E-state index in [2.05, 4.69) is 50.6 Å². The highest BCUT2D eigenvalue weighted by molar-refractivity contribution is 7.89. The van der Waals surface area contributed by atoms with Crippen LogP contribution in [0.4, 0.5) is 0 Å². The van der Waals surface area contributed by atoms with Crippen LogP contribution >= 0.6 is 0 Å². The maximum absolute atomic E-state index is 13.7. The number of hydrogen-bond donors (Lipinski definition) is 4. The van der Waals surface area contributed by atoms with Crippen molar-refractivity contribution in [3.8, 4) is 0 Å². The van der Waals surface area contributed by atoms with Crippen molar-refractivity contribution in [2.75, 3.05) is 13.1 Å². The van der Waals surface area contributed by atoms with Crippen LogP contribution in [0.2, 0.25) is 0 Å². The van der Waals surface area contributed by atoms with Crippen LogP contribution in [0.25, 0.3) is 10.8 Å². The molecule has 0 spiro atoms. The number of carbonyl (C=O) groups is 1. The third-order valence-electron chi connectivity index (χ3n) is 7.90. The average Bonchev–Trinajstić information content (AvgIpc) is 3.59. The first kappa shape index (κ1) is 34.3. The molecule has 1 amide bonds. The summed E-state index contributed by atoms with van der Waals surface area (Å²) in [5.74, 6) is 0.486. The van der Waals surface area contributed by atoms with Gasteiger partial charge in [-0.1, -0.05) is 68.4 Å². The first-order valence-corrected chi connectivity index (χ1v) is 17.4. The molecule has 0 aliphatic heterocycles. The number of sulfonamides is 1. The van der Waals surface area contributed by atoms with Crippen LogP contribution in [0.1, 0.15) is 82.4 Å². The zero-order chi connectivity index (χ0) is 32.2. The smallest absolute Gasteiger partial charge is 0.241 e. The molecule has 45 heavy (non-hydrogen) atoms. The molecule has 0 saturated carbocycles. The number of aromatic amines is 1.